The summed E-state index contributed by atoms with van der Waals surface area (Å²) in [5.74, 6) is -1.13. The molecule has 21 heavy (non-hydrogen) atoms. The van der Waals surface area contributed by atoms with Crippen LogP contribution in [0.5, 0.6) is 11.5 Å². The van der Waals surface area contributed by atoms with E-state index in [0.29, 0.717) is 14.8 Å². The lowest BCUT2D eigenvalue weighted by Gasteiger charge is -2.08. The molecule has 0 aliphatic rings. The zero-order valence-electron chi connectivity index (χ0n) is 10.8. The summed E-state index contributed by atoms with van der Waals surface area (Å²) in [6, 6.07) is 6.31. The van der Waals surface area contributed by atoms with E-state index in [4.69, 9.17) is 27.9 Å². The van der Waals surface area contributed by atoms with E-state index in [9.17, 15) is 15.0 Å². The summed E-state index contributed by atoms with van der Waals surface area (Å²) in [7, 11) is 1.40. The van der Waals surface area contributed by atoms with E-state index >= 15 is 0 Å². The lowest BCUT2D eigenvalue weighted by Crippen LogP contribution is -1.98. The van der Waals surface area contributed by atoms with E-state index in [1.54, 1.807) is 18.2 Å². The van der Waals surface area contributed by atoms with Crippen LogP contribution in [0.15, 0.2) is 24.3 Å². The molecule has 0 spiro atoms. The predicted octanol–water partition coefficient (Wildman–Crippen LogP) is 4.39. The van der Waals surface area contributed by atoms with E-state index in [0.717, 1.165) is 11.3 Å². The Morgan fingerprint density at radius 1 is 1.29 bits per heavy atom. The second-order valence-corrected chi connectivity index (χ2v) is 6.08. The molecule has 1 aromatic carbocycles. The smallest absolute Gasteiger partial charge is 0.337 e. The minimum absolute atomic E-state index is 0.0238. The monoisotopic (exact) mass is 344 g/mol. The molecule has 0 unspecified atom stereocenters. The van der Waals surface area contributed by atoms with Gasteiger partial charge in [0.15, 0.2) is 11.5 Å². The van der Waals surface area contributed by atoms with Crippen LogP contribution in [-0.4, -0.2) is 23.3 Å². The molecule has 0 atom stereocenters. The van der Waals surface area contributed by atoms with Crippen molar-refractivity contribution in [3.05, 3.63) is 44.1 Å². The highest BCUT2D eigenvalue weighted by molar-refractivity contribution is 7.17. The Kier molecular flexibility index (Phi) is 4.77. The maximum Gasteiger partial charge on any atom is 0.337 e. The summed E-state index contributed by atoms with van der Waals surface area (Å²) < 4.78 is 5.42. The number of benzene rings is 1. The number of thiophene rings is 1. The molecule has 1 aromatic heterocycles. The first-order valence-corrected chi connectivity index (χ1v) is 7.27. The van der Waals surface area contributed by atoms with Crippen molar-refractivity contribution in [1.82, 2.24) is 0 Å². The van der Waals surface area contributed by atoms with Gasteiger partial charge in [0.2, 0.25) is 0 Å². The summed E-state index contributed by atoms with van der Waals surface area (Å²) in [5, 5.41) is 19.2. The number of hydrogen-bond donors (Lipinski definition) is 2. The number of ether oxygens (including phenoxy) is 1. The molecule has 0 saturated heterocycles. The van der Waals surface area contributed by atoms with E-state index in [2.05, 4.69) is 0 Å². The number of methoxy groups -OCH3 is 1. The van der Waals surface area contributed by atoms with E-state index in [1.807, 2.05) is 0 Å². The van der Waals surface area contributed by atoms with Crippen molar-refractivity contribution >= 4 is 52.2 Å². The molecular weight excluding hydrogens is 335 g/mol. The molecule has 0 aliphatic heterocycles. The number of phenolic OH excluding ortho intramolecular Hbond substituents is 1. The summed E-state index contributed by atoms with van der Waals surface area (Å²) in [6.45, 7) is 0. The Morgan fingerprint density at radius 3 is 2.52 bits per heavy atom. The van der Waals surface area contributed by atoms with Gasteiger partial charge in [-0.3, -0.25) is 0 Å². The minimum atomic E-state index is -1.11. The number of carboxylic acids is 1. The van der Waals surface area contributed by atoms with Crippen molar-refractivity contribution in [2.45, 2.75) is 0 Å². The molecule has 110 valence electrons. The lowest BCUT2D eigenvalue weighted by atomic mass is 10.1. The van der Waals surface area contributed by atoms with Crippen LogP contribution in [0.2, 0.25) is 9.36 Å². The first-order valence-electron chi connectivity index (χ1n) is 5.70. The van der Waals surface area contributed by atoms with Gasteiger partial charge in [0.25, 0.3) is 0 Å². The lowest BCUT2D eigenvalue weighted by molar-refractivity contribution is -0.130. The van der Waals surface area contributed by atoms with E-state index < -0.39 is 5.97 Å². The van der Waals surface area contributed by atoms with Crippen molar-refractivity contribution in [3.8, 4) is 11.5 Å². The topological polar surface area (TPSA) is 66.8 Å². The Labute approximate surface area is 134 Å². The number of carboxylic acid groups (broad SMARTS) is 1. The third kappa shape index (κ3) is 3.32. The fourth-order valence-corrected chi connectivity index (χ4v) is 2.95. The normalized spacial score (nSPS) is 11.5. The molecule has 2 aromatic rings. The van der Waals surface area contributed by atoms with Crippen molar-refractivity contribution < 1.29 is 19.7 Å². The predicted molar refractivity (Wildman–Crippen MR) is 84.5 cm³/mol. The molecule has 4 nitrogen and oxygen atoms in total. The number of carbonyl (C=O) groups is 1. The minimum Gasteiger partial charge on any atom is -0.503 e. The highest BCUT2D eigenvalue weighted by Gasteiger charge is 2.16. The van der Waals surface area contributed by atoms with Crippen molar-refractivity contribution in [2.75, 3.05) is 7.11 Å². The number of phenols is 1. The van der Waals surface area contributed by atoms with Crippen molar-refractivity contribution in [3.63, 3.8) is 0 Å². The molecule has 7 heteroatoms. The van der Waals surface area contributed by atoms with Gasteiger partial charge < -0.3 is 14.9 Å². The number of halogens is 2. The van der Waals surface area contributed by atoms with E-state index in [1.165, 1.54) is 19.3 Å². The van der Waals surface area contributed by atoms with Crippen LogP contribution in [0.3, 0.4) is 0 Å². The fraction of sp³-hybridized carbons (Fsp3) is 0.0714. The van der Waals surface area contributed by atoms with Gasteiger partial charge in [-0.1, -0.05) is 23.2 Å². The van der Waals surface area contributed by atoms with Gasteiger partial charge in [-0.2, -0.15) is 0 Å². The fourth-order valence-electron chi connectivity index (χ4n) is 1.69. The number of aliphatic carboxylic acids is 1. The third-order valence-corrected chi connectivity index (χ3v) is 4.36. The van der Waals surface area contributed by atoms with Crippen molar-refractivity contribution in [1.29, 1.82) is 0 Å². The molecular formula is C14H10Cl2O4S. The molecule has 0 radical (unpaired) electrons. The Morgan fingerprint density at radius 2 is 2.00 bits per heavy atom. The molecule has 0 bridgehead atoms. The third-order valence-electron chi connectivity index (χ3n) is 2.70. The maximum absolute atomic E-state index is 11.4. The second-order valence-electron chi connectivity index (χ2n) is 3.99. The largest absolute Gasteiger partial charge is 0.503 e. The summed E-state index contributed by atoms with van der Waals surface area (Å²) in [6.07, 6.45) is 1.38. The molecule has 2 N–H and O–H groups in total. The van der Waals surface area contributed by atoms with Gasteiger partial charge in [0, 0.05) is 4.88 Å². The molecule has 0 aliphatic carbocycles. The van der Waals surface area contributed by atoms with Gasteiger partial charge in [-0.25, -0.2) is 4.79 Å². The van der Waals surface area contributed by atoms with Crippen LogP contribution >= 0.6 is 34.5 Å². The molecule has 0 fully saturated rings. The van der Waals surface area contributed by atoms with Crippen LogP contribution in [0.4, 0.5) is 0 Å². The summed E-state index contributed by atoms with van der Waals surface area (Å²) in [4.78, 5) is 11.9. The van der Waals surface area contributed by atoms with Crippen LogP contribution in [-0.2, 0) is 4.79 Å². The number of rotatable bonds is 4. The van der Waals surface area contributed by atoms with Gasteiger partial charge >= 0.3 is 5.97 Å². The van der Waals surface area contributed by atoms with Gasteiger partial charge in [0.05, 0.1) is 22.0 Å². The Balaban J connectivity index is 2.54. The molecule has 1 heterocycles. The van der Waals surface area contributed by atoms with Gasteiger partial charge in [-0.05, 0) is 35.9 Å². The Hall–Kier alpha value is -1.69. The van der Waals surface area contributed by atoms with Gasteiger partial charge in [-0.15, -0.1) is 11.3 Å². The first kappa shape index (κ1) is 15.7. The van der Waals surface area contributed by atoms with Crippen molar-refractivity contribution in [2.24, 2.45) is 0 Å². The quantitative estimate of drug-likeness (QED) is 0.807. The van der Waals surface area contributed by atoms with Crippen LogP contribution < -0.4 is 4.74 Å². The standard InChI is InChI=1S/C14H10Cl2O4S/c1-20-9-3-2-7(12(16)13(9)17)6-8(14(18)19)10-4-5-11(15)21-10/h2-6,17H,1H3,(H,18,19)/b8-6-. The summed E-state index contributed by atoms with van der Waals surface area (Å²) >= 11 is 13.0. The zero-order valence-corrected chi connectivity index (χ0v) is 13.1. The van der Waals surface area contributed by atoms with E-state index in [-0.39, 0.29) is 22.1 Å². The second kappa shape index (κ2) is 6.39. The van der Waals surface area contributed by atoms with Crippen LogP contribution in [0, 0.1) is 0 Å². The van der Waals surface area contributed by atoms with Crippen LogP contribution in [0.25, 0.3) is 11.6 Å². The summed E-state index contributed by atoms with van der Waals surface area (Å²) in [5.41, 5.74) is 0.412. The van der Waals surface area contributed by atoms with Crippen LogP contribution in [0.1, 0.15) is 10.4 Å². The molecule has 0 saturated carbocycles. The number of hydrogen-bond acceptors (Lipinski definition) is 4. The molecule has 0 amide bonds. The average Bonchev–Trinajstić information content (AvgIpc) is 2.86. The average molecular weight is 345 g/mol. The zero-order chi connectivity index (χ0) is 15.6. The highest BCUT2D eigenvalue weighted by atomic mass is 35.5. The Bertz CT molecular complexity index is 722. The highest BCUT2D eigenvalue weighted by Crippen LogP contribution is 2.38. The number of aromatic hydroxyl groups is 1. The first-order chi connectivity index (χ1) is 9.93. The van der Waals surface area contributed by atoms with Gasteiger partial charge in [0.1, 0.15) is 0 Å². The maximum atomic E-state index is 11.4. The SMILES string of the molecule is COc1ccc(/C=C(\C(=O)O)c2ccc(Cl)s2)c(Cl)c1O. The molecule has 2 rings (SSSR count).